The molecular formula is C31H47N7O14S2. The first-order valence-electron chi connectivity index (χ1n) is 16.5. The first kappa shape index (κ1) is 43.6. The molecule has 21 nitrogen and oxygen atoms in total. The van der Waals surface area contributed by atoms with E-state index < -0.39 is 99.2 Å². The second-order valence-corrected chi connectivity index (χ2v) is 17.8. The van der Waals surface area contributed by atoms with Crippen molar-refractivity contribution in [3.63, 3.8) is 0 Å². The molecule has 54 heavy (non-hydrogen) atoms. The van der Waals surface area contributed by atoms with E-state index in [1.54, 1.807) is 62.3 Å². The van der Waals surface area contributed by atoms with Gasteiger partial charge in [0.15, 0.2) is 10.8 Å². The minimum Gasteiger partial charge on any atom is -0.457 e. The van der Waals surface area contributed by atoms with E-state index in [1.165, 1.54) is 19.2 Å². The van der Waals surface area contributed by atoms with Crippen molar-refractivity contribution in [1.29, 1.82) is 0 Å². The summed E-state index contributed by atoms with van der Waals surface area (Å²) in [5.74, 6) is -3.27. The summed E-state index contributed by atoms with van der Waals surface area (Å²) in [7, 11) is -5.18. The molecule has 1 aromatic rings. The summed E-state index contributed by atoms with van der Waals surface area (Å²) in [6.07, 6.45) is -3.46. The van der Waals surface area contributed by atoms with Crippen LogP contribution in [0.25, 0.3) is 0 Å². The number of amides is 5. The molecule has 0 aliphatic carbocycles. The van der Waals surface area contributed by atoms with E-state index in [4.69, 9.17) is 23.8 Å². The monoisotopic (exact) mass is 805 g/mol. The fourth-order valence-electron chi connectivity index (χ4n) is 4.55. The molecule has 2 saturated heterocycles. The number of anilines is 1. The third-order valence-electron chi connectivity index (χ3n) is 6.76. The van der Waals surface area contributed by atoms with Gasteiger partial charge in [-0.3, -0.25) is 19.5 Å². The molecule has 2 aliphatic rings. The van der Waals surface area contributed by atoms with Gasteiger partial charge >= 0.3 is 34.6 Å². The Morgan fingerprint density at radius 3 is 2.09 bits per heavy atom. The highest BCUT2D eigenvalue weighted by Gasteiger charge is 2.56. The maximum atomic E-state index is 13.8. The molecule has 302 valence electrons. The highest BCUT2D eigenvalue weighted by atomic mass is 32.2. The number of hydrogen-bond donors (Lipinski definition) is 4. The van der Waals surface area contributed by atoms with E-state index in [1.807, 2.05) is 0 Å². The van der Waals surface area contributed by atoms with E-state index in [2.05, 4.69) is 26.1 Å². The molecule has 23 heteroatoms. The molecule has 1 aromatic heterocycles. The average Bonchev–Trinajstić information content (AvgIpc) is 3.56. The number of nitrogens with one attached hydrogen (secondary N) is 3. The molecule has 0 aromatic carbocycles. The van der Waals surface area contributed by atoms with Crippen LogP contribution in [0.4, 0.5) is 19.5 Å². The minimum absolute atomic E-state index is 0.0374. The molecule has 0 unspecified atom stereocenters. The lowest BCUT2D eigenvalue weighted by Crippen LogP contribution is -2.74. The number of β-lactam (4-membered cyclic amide) rings is 1. The maximum Gasteiger partial charge on any atom is 0.413 e. The van der Waals surface area contributed by atoms with Crippen molar-refractivity contribution < 1.29 is 65.5 Å². The molecule has 0 saturated carbocycles. The number of carbonyl (C=O) groups is 6. The number of thiazole rings is 1. The van der Waals surface area contributed by atoms with E-state index in [0.29, 0.717) is 0 Å². The van der Waals surface area contributed by atoms with Gasteiger partial charge in [-0.1, -0.05) is 5.16 Å². The van der Waals surface area contributed by atoms with Gasteiger partial charge in [-0.15, -0.1) is 11.3 Å². The number of rotatable bonds is 12. The number of nitrogens with zero attached hydrogens (tertiary/aromatic N) is 4. The lowest BCUT2D eigenvalue weighted by molar-refractivity contribution is -0.179. The number of oxime groups is 1. The smallest absolute Gasteiger partial charge is 0.413 e. The number of esters is 1. The molecule has 5 amide bonds. The van der Waals surface area contributed by atoms with Crippen LogP contribution in [0.1, 0.15) is 81.9 Å². The second-order valence-electron chi connectivity index (χ2n) is 15.6. The van der Waals surface area contributed by atoms with Crippen molar-refractivity contribution in [3.05, 3.63) is 11.1 Å². The fourth-order valence-corrected chi connectivity index (χ4v) is 6.10. The lowest BCUT2D eigenvalue weighted by atomic mass is 9.97. The quantitative estimate of drug-likeness (QED) is 0.0589. The van der Waals surface area contributed by atoms with Crippen LogP contribution in [0.3, 0.4) is 0 Å². The van der Waals surface area contributed by atoms with E-state index >= 15 is 0 Å². The van der Waals surface area contributed by atoms with E-state index in [0.717, 1.165) is 16.2 Å². The van der Waals surface area contributed by atoms with Crippen LogP contribution in [0.2, 0.25) is 0 Å². The van der Waals surface area contributed by atoms with Crippen LogP contribution in [-0.2, 0) is 48.5 Å². The van der Waals surface area contributed by atoms with Crippen LogP contribution in [-0.4, -0.2) is 129 Å². The highest BCUT2D eigenvalue weighted by Crippen LogP contribution is 2.27. The summed E-state index contributed by atoms with van der Waals surface area (Å²) in [5, 5.41) is 12.3. The van der Waals surface area contributed by atoms with Crippen molar-refractivity contribution in [1.82, 2.24) is 24.8 Å². The third-order valence-corrected chi connectivity index (χ3v) is 8.47. The topological polar surface area (TPSA) is 271 Å². The molecule has 3 rings (SSSR count). The lowest BCUT2D eigenvalue weighted by Gasteiger charge is -2.45. The molecule has 3 heterocycles. The molecular weight excluding hydrogens is 759 g/mol. The molecule has 3 atom stereocenters. The molecule has 0 bridgehead atoms. The summed E-state index contributed by atoms with van der Waals surface area (Å²) < 4.78 is 55.3. The van der Waals surface area contributed by atoms with Gasteiger partial charge in [0.25, 0.3) is 11.8 Å². The summed E-state index contributed by atoms with van der Waals surface area (Å²) in [4.78, 5) is 87.5. The number of carbonyl (C=O) groups excluding carboxylic acids is 6. The van der Waals surface area contributed by atoms with Crippen molar-refractivity contribution in [3.8, 4) is 0 Å². The Balaban J connectivity index is 1.87. The Labute approximate surface area is 316 Å². The number of ether oxygens (including phenoxy) is 4. The first-order valence-corrected chi connectivity index (χ1v) is 18.7. The normalized spacial score (nSPS) is 19.7. The van der Waals surface area contributed by atoms with Crippen LogP contribution in [0.5, 0.6) is 0 Å². The highest BCUT2D eigenvalue weighted by molar-refractivity contribution is 7.84. The molecule has 4 N–H and O–H groups in total. The Kier molecular flexibility index (Phi) is 12.9. The average molecular weight is 806 g/mol. The van der Waals surface area contributed by atoms with Crippen LogP contribution in [0, 0.1) is 0 Å². The van der Waals surface area contributed by atoms with Gasteiger partial charge < -0.3 is 39.3 Å². The third kappa shape index (κ3) is 12.4. The van der Waals surface area contributed by atoms with Gasteiger partial charge in [-0.2, -0.15) is 8.42 Å². The first-order chi connectivity index (χ1) is 24.5. The van der Waals surface area contributed by atoms with Crippen molar-refractivity contribution in [2.45, 2.75) is 117 Å². The van der Waals surface area contributed by atoms with Gasteiger partial charge in [0.2, 0.25) is 5.60 Å². The number of aromatic nitrogens is 1. The summed E-state index contributed by atoms with van der Waals surface area (Å²) in [6.45, 7) is 16.5. The van der Waals surface area contributed by atoms with E-state index in [-0.39, 0.29) is 28.2 Å². The predicted octanol–water partition coefficient (Wildman–Crippen LogP) is 2.18. The Morgan fingerprint density at radius 2 is 1.54 bits per heavy atom. The zero-order valence-electron chi connectivity index (χ0n) is 31.8. The number of cyclic esters (lactones) is 1. The SMILES string of the molecule is CC(C)(C)OC(=O)NC[C@@H]1CN(C[C@@H]2[C@H](NC(=O)/C(=N\OC(C)(C)C(=O)OC(C)(C)C)c3csc(NC(=O)OC(C)(C)C)n3)C(=O)N2S(=O)(=O)O)C(=O)O1. The van der Waals surface area contributed by atoms with Crippen molar-refractivity contribution in [2.75, 3.05) is 25.0 Å². The standard InChI is InChI=1S/C31H47N7O14S2/c1-28(2,3)49-23(41)31(10,11)52-36-19(17-15-53-24(33-17)35-26(43)51-30(7,8)9)21(39)34-20-18(38(22(20)40)54(45,46)47)14-37-13-16(48-27(37)44)12-32-25(42)50-29(4,5)6/h15-16,18,20H,12-14H2,1-11H3,(H,32,42)(H,34,39)(H,33,35,43)(H,45,46,47)/b36-19-/t16-,18-,20+/m1/s1. The predicted molar refractivity (Wildman–Crippen MR) is 190 cm³/mol. The Hall–Kier alpha value is -4.77. The molecule has 2 fully saturated rings. The Morgan fingerprint density at radius 1 is 0.963 bits per heavy atom. The summed E-state index contributed by atoms with van der Waals surface area (Å²) in [5.41, 5.74) is -5.14. The number of alkyl carbamates (subject to hydrolysis) is 1. The van der Waals surface area contributed by atoms with Crippen LogP contribution < -0.4 is 16.0 Å². The van der Waals surface area contributed by atoms with Crippen LogP contribution >= 0.6 is 11.3 Å². The summed E-state index contributed by atoms with van der Waals surface area (Å²) in [6, 6.07) is -3.20. The van der Waals surface area contributed by atoms with Gasteiger partial charge in [-0.25, -0.2) is 28.5 Å². The van der Waals surface area contributed by atoms with Crippen molar-refractivity contribution in [2.24, 2.45) is 5.16 Å². The van der Waals surface area contributed by atoms with Crippen molar-refractivity contribution >= 4 is 68.5 Å². The fraction of sp³-hybridized carbons (Fsp3) is 0.677. The number of hydrogen-bond acceptors (Lipinski definition) is 16. The van der Waals surface area contributed by atoms with Gasteiger partial charge in [0.1, 0.15) is 34.6 Å². The molecule has 0 radical (unpaired) electrons. The van der Waals surface area contributed by atoms with Gasteiger partial charge in [0.05, 0.1) is 19.1 Å². The van der Waals surface area contributed by atoms with Crippen LogP contribution in [0.15, 0.2) is 10.5 Å². The zero-order chi connectivity index (χ0) is 41.2. The molecule has 2 aliphatic heterocycles. The largest absolute Gasteiger partial charge is 0.457 e. The summed E-state index contributed by atoms with van der Waals surface area (Å²) >= 11 is 0.860. The second kappa shape index (κ2) is 15.9. The zero-order valence-corrected chi connectivity index (χ0v) is 33.4. The van der Waals surface area contributed by atoms with Gasteiger partial charge in [-0.05, 0) is 76.2 Å². The van der Waals surface area contributed by atoms with Gasteiger partial charge in [0, 0.05) is 11.9 Å². The minimum atomic E-state index is -5.18. The van der Waals surface area contributed by atoms with E-state index in [9.17, 15) is 41.7 Å². The molecule has 0 spiro atoms. The maximum absolute atomic E-state index is 13.8. The Bertz CT molecular complexity index is 1770.